The van der Waals surface area contributed by atoms with Gasteiger partial charge in [-0.25, -0.2) is 0 Å². The van der Waals surface area contributed by atoms with E-state index in [9.17, 15) is 0 Å². The minimum Gasteiger partial charge on any atom is -0.493 e. The normalized spacial score (nSPS) is 19.1. The average Bonchev–Trinajstić information content (AvgIpc) is 2.43. The Bertz CT molecular complexity index is 447. The summed E-state index contributed by atoms with van der Waals surface area (Å²) in [6, 6.07) is 8.48. The van der Waals surface area contributed by atoms with Gasteiger partial charge in [0, 0.05) is 18.4 Å². The maximum absolute atomic E-state index is 5.79. The number of hydrazine groups is 1. The van der Waals surface area contributed by atoms with Crippen molar-refractivity contribution in [2.45, 2.75) is 32.2 Å². The van der Waals surface area contributed by atoms with E-state index in [1.807, 2.05) is 19.1 Å². The third-order valence-corrected chi connectivity index (χ3v) is 3.45. The number of nitrogens with one attached hydrogen (secondary N) is 1. The summed E-state index contributed by atoms with van der Waals surface area (Å²) in [5.74, 6) is 13.1. The smallest absolute Gasteiger partial charge is 0.122 e. The SMILES string of the molecule is CC#CCCC(NN)C1COc2ccccc2C1. The molecule has 0 spiro atoms. The molecule has 3 nitrogen and oxygen atoms in total. The van der Waals surface area contributed by atoms with Crippen LogP contribution in [0.25, 0.3) is 0 Å². The molecule has 1 aliphatic rings. The molecule has 0 bridgehead atoms. The van der Waals surface area contributed by atoms with E-state index in [2.05, 4.69) is 29.4 Å². The molecular weight excluding hydrogens is 224 g/mol. The number of rotatable bonds is 4. The van der Waals surface area contributed by atoms with Crippen molar-refractivity contribution in [2.24, 2.45) is 11.8 Å². The molecule has 18 heavy (non-hydrogen) atoms. The van der Waals surface area contributed by atoms with Crippen molar-refractivity contribution in [3.8, 4) is 17.6 Å². The number of ether oxygens (including phenoxy) is 1. The number of para-hydroxylation sites is 1. The molecule has 0 fully saturated rings. The van der Waals surface area contributed by atoms with Gasteiger partial charge in [0.15, 0.2) is 0 Å². The van der Waals surface area contributed by atoms with E-state index in [0.29, 0.717) is 5.92 Å². The van der Waals surface area contributed by atoms with Gasteiger partial charge in [0.2, 0.25) is 0 Å². The van der Waals surface area contributed by atoms with Gasteiger partial charge < -0.3 is 4.74 Å². The van der Waals surface area contributed by atoms with Crippen LogP contribution in [0.2, 0.25) is 0 Å². The fourth-order valence-electron chi connectivity index (χ4n) is 2.42. The Labute approximate surface area is 109 Å². The summed E-state index contributed by atoms with van der Waals surface area (Å²) in [6.45, 7) is 2.59. The maximum atomic E-state index is 5.79. The Morgan fingerprint density at radius 1 is 1.50 bits per heavy atom. The first kappa shape index (κ1) is 12.9. The first-order chi connectivity index (χ1) is 8.85. The van der Waals surface area contributed by atoms with Gasteiger partial charge in [0.05, 0.1) is 6.61 Å². The zero-order valence-electron chi connectivity index (χ0n) is 10.8. The first-order valence-electron chi connectivity index (χ1n) is 6.41. The topological polar surface area (TPSA) is 47.3 Å². The van der Waals surface area contributed by atoms with Gasteiger partial charge in [0.25, 0.3) is 0 Å². The van der Waals surface area contributed by atoms with Gasteiger partial charge in [-0.1, -0.05) is 18.2 Å². The zero-order chi connectivity index (χ0) is 12.8. The van der Waals surface area contributed by atoms with Crippen LogP contribution in [-0.4, -0.2) is 12.6 Å². The van der Waals surface area contributed by atoms with E-state index >= 15 is 0 Å². The fourth-order valence-corrected chi connectivity index (χ4v) is 2.42. The van der Waals surface area contributed by atoms with Crippen LogP contribution in [0.15, 0.2) is 24.3 Å². The second kappa shape index (κ2) is 6.44. The third-order valence-electron chi connectivity index (χ3n) is 3.45. The average molecular weight is 244 g/mol. The number of hydrogen-bond donors (Lipinski definition) is 2. The summed E-state index contributed by atoms with van der Waals surface area (Å²) in [5.41, 5.74) is 4.19. The minimum absolute atomic E-state index is 0.263. The van der Waals surface area contributed by atoms with E-state index in [-0.39, 0.29) is 6.04 Å². The number of hydrogen-bond acceptors (Lipinski definition) is 3. The standard InChI is InChI=1S/C15H20N2O/c1-2-3-4-8-14(17-16)13-10-12-7-5-6-9-15(12)18-11-13/h5-7,9,13-14,17H,4,8,10-11,16H2,1H3. The lowest BCUT2D eigenvalue weighted by atomic mass is 9.88. The highest BCUT2D eigenvalue weighted by atomic mass is 16.5. The molecule has 1 heterocycles. The van der Waals surface area contributed by atoms with Crippen LogP contribution in [0.3, 0.4) is 0 Å². The predicted molar refractivity (Wildman–Crippen MR) is 72.9 cm³/mol. The van der Waals surface area contributed by atoms with E-state index < -0.39 is 0 Å². The van der Waals surface area contributed by atoms with Crippen LogP contribution >= 0.6 is 0 Å². The molecule has 1 aliphatic heterocycles. The van der Waals surface area contributed by atoms with E-state index in [1.54, 1.807) is 0 Å². The molecule has 2 atom stereocenters. The monoisotopic (exact) mass is 244 g/mol. The summed E-state index contributed by atoms with van der Waals surface area (Å²) >= 11 is 0. The highest BCUT2D eigenvalue weighted by Gasteiger charge is 2.26. The Morgan fingerprint density at radius 2 is 2.33 bits per heavy atom. The highest BCUT2D eigenvalue weighted by molar-refractivity contribution is 5.35. The Balaban J connectivity index is 1.99. The number of benzene rings is 1. The van der Waals surface area contributed by atoms with Crippen LogP contribution in [0.1, 0.15) is 25.3 Å². The molecule has 2 rings (SSSR count). The molecule has 1 aromatic carbocycles. The second-order valence-electron chi connectivity index (χ2n) is 4.62. The summed E-state index contributed by atoms with van der Waals surface area (Å²) in [7, 11) is 0. The van der Waals surface area contributed by atoms with Crippen LogP contribution in [0.4, 0.5) is 0 Å². The molecule has 0 aliphatic carbocycles. The van der Waals surface area contributed by atoms with Crippen molar-refractivity contribution in [3.05, 3.63) is 29.8 Å². The van der Waals surface area contributed by atoms with E-state index in [0.717, 1.165) is 31.6 Å². The van der Waals surface area contributed by atoms with Crippen LogP contribution in [0, 0.1) is 17.8 Å². The molecule has 0 saturated carbocycles. The number of nitrogens with two attached hydrogens (primary N) is 1. The van der Waals surface area contributed by atoms with Crippen molar-refractivity contribution in [1.82, 2.24) is 5.43 Å². The summed E-state index contributed by atoms with van der Waals surface area (Å²) in [6.07, 6.45) is 2.86. The molecule has 0 radical (unpaired) electrons. The van der Waals surface area contributed by atoms with Crippen molar-refractivity contribution < 1.29 is 4.74 Å². The quantitative estimate of drug-likeness (QED) is 0.483. The fraction of sp³-hybridized carbons (Fsp3) is 0.467. The van der Waals surface area contributed by atoms with Gasteiger partial charge in [-0.15, -0.1) is 11.8 Å². The second-order valence-corrected chi connectivity index (χ2v) is 4.62. The van der Waals surface area contributed by atoms with Crippen molar-refractivity contribution in [3.63, 3.8) is 0 Å². The van der Waals surface area contributed by atoms with Crippen molar-refractivity contribution in [1.29, 1.82) is 0 Å². The lowest BCUT2D eigenvalue weighted by Gasteiger charge is -2.31. The third kappa shape index (κ3) is 3.04. The van der Waals surface area contributed by atoms with Gasteiger partial charge in [-0.3, -0.25) is 11.3 Å². The van der Waals surface area contributed by atoms with Crippen molar-refractivity contribution in [2.75, 3.05) is 6.61 Å². The van der Waals surface area contributed by atoms with Gasteiger partial charge in [-0.2, -0.15) is 0 Å². The molecule has 96 valence electrons. The molecular formula is C15H20N2O. The van der Waals surface area contributed by atoms with Gasteiger partial charge in [-0.05, 0) is 31.4 Å². The number of fused-ring (bicyclic) bond motifs is 1. The van der Waals surface area contributed by atoms with E-state index in [1.165, 1.54) is 5.56 Å². The predicted octanol–water partition coefficient (Wildman–Crippen LogP) is 1.87. The molecule has 1 aromatic rings. The molecule has 2 unspecified atom stereocenters. The zero-order valence-corrected chi connectivity index (χ0v) is 10.8. The molecule has 0 amide bonds. The molecule has 0 saturated heterocycles. The summed E-state index contributed by atoms with van der Waals surface area (Å²) < 4.78 is 5.79. The largest absolute Gasteiger partial charge is 0.493 e. The van der Waals surface area contributed by atoms with Crippen molar-refractivity contribution >= 4 is 0 Å². The molecule has 3 N–H and O–H groups in total. The highest BCUT2D eigenvalue weighted by Crippen LogP contribution is 2.29. The van der Waals surface area contributed by atoms with Crippen LogP contribution in [-0.2, 0) is 6.42 Å². The summed E-state index contributed by atoms with van der Waals surface area (Å²) in [4.78, 5) is 0. The Hall–Kier alpha value is -1.50. The Morgan fingerprint density at radius 3 is 3.11 bits per heavy atom. The molecule has 0 aromatic heterocycles. The molecule has 3 heteroatoms. The lowest BCUT2D eigenvalue weighted by molar-refractivity contribution is 0.180. The van der Waals surface area contributed by atoms with Gasteiger partial charge >= 0.3 is 0 Å². The van der Waals surface area contributed by atoms with Gasteiger partial charge in [0.1, 0.15) is 5.75 Å². The summed E-state index contributed by atoms with van der Waals surface area (Å²) in [5, 5.41) is 0. The van der Waals surface area contributed by atoms with E-state index in [4.69, 9.17) is 10.6 Å². The minimum atomic E-state index is 0.263. The van der Waals surface area contributed by atoms with Crippen LogP contribution < -0.4 is 16.0 Å². The first-order valence-corrected chi connectivity index (χ1v) is 6.41. The Kier molecular flexibility index (Phi) is 4.63. The van der Waals surface area contributed by atoms with Crippen LogP contribution in [0.5, 0.6) is 5.75 Å². The lowest BCUT2D eigenvalue weighted by Crippen LogP contribution is -2.45. The maximum Gasteiger partial charge on any atom is 0.122 e.